The summed E-state index contributed by atoms with van der Waals surface area (Å²) in [6.07, 6.45) is 5.18. The number of aryl methyl sites for hydroxylation is 1. The quantitative estimate of drug-likeness (QED) is 0.890. The second-order valence-electron chi connectivity index (χ2n) is 7.33. The molecule has 1 saturated heterocycles. The van der Waals surface area contributed by atoms with Crippen LogP contribution in [0.3, 0.4) is 0 Å². The fourth-order valence-corrected chi connectivity index (χ4v) is 3.76. The van der Waals surface area contributed by atoms with Crippen LogP contribution >= 0.6 is 0 Å². The van der Waals surface area contributed by atoms with Gasteiger partial charge in [-0.2, -0.15) is 0 Å². The average molecular weight is 378 g/mol. The van der Waals surface area contributed by atoms with Crippen LogP contribution in [0, 0.1) is 6.92 Å². The zero-order valence-electron chi connectivity index (χ0n) is 15.7. The first-order valence-electron chi connectivity index (χ1n) is 9.38. The number of hydrogen-bond acceptors (Lipinski definition) is 5. The van der Waals surface area contributed by atoms with Crippen LogP contribution in [0.4, 0.5) is 5.69 Å². The molecule has 1 aromatic carbocycles. The lowest BCUT2D eigenvalue weighted by Crippen LogP contribution is -2.51. The van der Waals surface area contributed by atoms with Gasteiger partial charge in [-0.15, -0.1) is 0 Å². The van der Waals surface area contributed by atoms with Gasteiger partial charge in [0.15, 0.2) is 5.60 Å². The highest BCUT2D eigenvalue weighted by Crippen LogP contribution is 2.34. The molecule has 2 amide bonds. The number of anilines is 1. The zero-order chi connectivity index (χ0) is 19.6. The molecule has 2 aromatic rings. The number of hydrogen-bond donors (Lipinski definition) is 1. The van der Waals surface area contributed by atoms with Gasteiger partial charge in [-0.3, -0.25) is 14.6 Å². The summed E-state index contributed by atoms with van der Waals surface area (Å²) < 4.78 is 0. The van der Waals surface area contributed by atoms with Gasteiger partial charge in [0.05, 0.1) is 18.4 Å². The first-order chi connectivity index (χ1) is 13.6. The molecule has 0 radical (unpaired) electrons. The smallest absolute Gasteiger partial charge is 0.273 e. The van der Waals surface area contributed by atoms with E-state index in [4.69, 9.17) is 4.84 Å². The minimum atomic E-state index is -0.627. The van der Waals surface area contributed by atoms with Crippen molar-refractivity contribution in [2.45, 2.75) is 31.8 Å². The molecule has 28 heavy (non-hydrogen) atoms. The van der Waals surface area contributed by atoms with E-state index >= 15 is 0 Å². The summed E-state index contributed by atoms with van der Waals surface area (Å²) in [5.41, 5.74) is 1.98. The fraction of sp³-hybridized carbons (Fsp3) is 0.333. The van der Waals surface area contributed by atoms with Gasteiger partial charge in [-0.1, -0.05) is 23.4 Å². The van der Waals surface area contributed by atoms with Crippen LogP contribution in [-0.2, 0) is 9.63 Å². The maximum atomic E-state index is 13.0. The first-order valence-corrected chi connectivity index (χ1v) is 9.38. The number of piperidine rings is 1. The molecular formula is C21H22N4O3. The summed E-state index contributed by atoms with van der Waals surface area (Å²) in [5.74, 6) is -0.304. The number of amides is 2. The van der Waals surface area contributed by atoms with E-state index in [2.05, 4.69) is 15.5 Å². The summed E-state index contributed by atoms with van der Waals surface area (Å²) in [5, 5.41) is 6.82. The molecule has 0 aliphatic carbocycles. The standard InChI is InChI=1S/C21H22N4O3/c1-15-6-2-3-8-17(15)20(27)25-11-5-9-21(14-25)12-18(24-28-21)19(26)23-16-7-4-10-22-13-16/h2-4,6-8,10,13H,5,9,11-12,14H2,1H3,(H,23,26). The van der Waals surface area contributed by atoms with Crippen LogP contribution in [0.2, 0.25) is 0 Å². The molecule has 7 nitrogen and oxygen atoms in total. The largest absolute Gasteiger partial charge is 0.386 e. The SMILES string of the molecule is Cc1ccccc1C(=O)N1CCCC2(CC(C(=O)Nc3cccnc3)=NO2)C1. The summed E-state index contributed by atoms with van der Waals surface area (Å²) in [6.45, 7) is 3.03. The molecule has 1 fully saturated rings. The van der Waals surface area contributed by atoms with Gasteiger partial charge in [0, 0.05) is 24.7 Å². The van der Waals surface area contributed by atoms with Crippen LogP contribution in [0.1, 0.15) is 35.2 Å². The highest BCUT2D eigenvalue weighted by Gasteiger charge is 2.45. The minimum Gasteiger partial charge on any atom is -0.386 e. The number of carbonyl (C=O) groups excluding carboxylic acids is 2. The molecule has 1 aromatic heterocycles. The summed E-state index contributed by atoms with van der Waals surface area (Å²) in [6, 6.07) is 11.1. The molecule has 2 aliphatic heterocycles. The van der Waals surface area contributed by atoms with Crippen molar-refractivity contribution >= 4 is 23.2 Å². The molecule has 0 saturated carbocycles. The zero-order valence-corrected chi connectivity index (χ0v) is 15.7. The predicted octanol–water partition coefficient (Wildman–Crippen LogP) is 2.78. The van der Waals surface area contributed by atoms with Crippen molar-refractivity contribution in [1.82, 2.24) is 9.88 Å². The van der Waals surface area contributed by atoms with Crippen LogP contribution in [-0.4, -0.2) is 46.1 Å². The Labute approximate surface area is 163 Å². The third kappa shape index (κ3) is 3.60. The third-order valence-electron chi connectivity index (χ3n) is 5.22. The molecule has 2 aliphatic rings. The molecule has 144 valence electrons. The minimum absolute atomic E-state index is 0.00552. The predicted molar refractivity (Wildman–Crippen MR) is 105 cm³/mol. The van der Waals surface area contributed by atoms with Crippen LogP contribution in [0.5, 0.6) is 0 Å². The van der Waals surface area contributed by atoms with E-state index in [0.29, 0.717) is 36.5 Å². The lowest BCUT2D eigenvalue weighted by atomic mass is 9.87. The van der Waals surface area contributed by atoms with Crippen molar-refractivity contribution in [3.05, 3.63) is 59.9 Å². The van der Waals surface area contributed by atoms with Gasteiger partial charge in [-0.25, -0.2) is 0 Å². The molecule has 1 N–H and O–H groups in total. The highest BCUT2D eigenvalue weighted by atomic mass is 16.7. The molecular weight excluding hydrogens is 356 g/mol. The van der Waals surface area contributed by atoms with Gasteiger partial charge in [0.2, 0.25) is 0 Å². The maximum absolute atomic E-state index is 13.0. The van der Waals surface area contributed by atoms with Crippen molar-refractivity contribution in [2.24, 2.45) is 5.16 Å². The van der Waals surface area contributed by atoms with Gasteiger partial charge >= 0.3 is 0 Å². The number of aromatic nitrogens is 1. The van der Waals surface area contributed by atoms with Crippen LogP contribution < -0.4 is 5.32 Å². The number of nitrogens with zero attached hydrogens (tertiary/aromatic N) is 3. The number of rotatable bonds is 3. The Kier molecular flexibility index (Phi) is 4.81. The number of oxime groups is 1. The molecule has 0 bridgehead atoms. The number of nitrogens with one attached hydrogen (secondary N) is 1. The molecule has 1 unspecified atom stereocenters. The Hall–Kier alpha value is -3.22. The Morgan fingerprint density at radius 3 is 2.86 bits per heavy atom. The molecule has 7 heteroatoms. The monoisotopic (exact) mass is 378 g/mol. The van der Waals surface area contributed by atoms with E-state index in [-0.39, 0.29) is 11.8 Å². The maximum Gasteiger partial charge on any atom is 0.273 e. The second kappa shape index (κ2) is 7.42. The Morgan fingerprint density at radius 1 is 1.21 bits per heavy atom. The molecule has 1 atom stereocenters. The number of benzene rings is 1. The molecule has 3 heterocycles. The van der Waals surface area contributed by atoms with Gasteiger partial charge in [0.1, 0.15) is 5.71 Å². The van der Waals surface area contributed by atoms with Gasteiger partial charge in [-0.05, 0) is 43.5 Å². The average Bonchev–Trinajstić information content (AvgIpc) is 3.12. The lowest BCUT2D eigenvalue weighted by Gasteiger charge is -2.38. The summed E-state index contributed by atoms with van der Waals surface area (Å²) in [7, 11) is 0. The Morgan fingerprint density at radius 2 is 2.07 bits per heavy atom. The van der Waals surface area contributed by atoms with E-state index in [1.54, 1.807) is 24.5 Å². The Bertz CT molecular complexity index is 928. The van der Waals surface area contributed by atoms with Crippen molar-refractivity contribution in [2.75, 3.05) is 18.4 Å². The van der Waals surface area contributed by atoms with E-state index < -0.39 is 5.60 Å². The van der Waals surface area contributed by atoms with Crippen molar-refractivity contribution in [3.8, 4) is 0 Å². The number of likely N-dealkylation sites (tertiary alicyclic amines) is 1. The lowest BCUT2D eigenvalue weighted by molar-refractivity contribution is -0.110. The number of carbonyl (C=O) groups is 2. The van der Waals surface area contributed by atoms with Crippen molar-refractivity contribution in [3.63, 3.8) is 0 Å². The van der Waals surface area contributed by atoms with E-state index in [9.17, 15) is 9.59 Å². The fourth-order valence-electron chi connectivity index (χ4n) is 3.76. The second-order valence-corrected chi connectivity index (χ2v) is 7.33. The Balaban J connectivity index is 1.43. The van der Waals surface area contributed by atoms with E-state index in [1.165, 1.54) is 0 Å². The van der Waals surface area contributed by atoms with Crippen LogP contribution in [0.15, 0.2) is 53.9 Å². The van der Waals surface area contributed by atoms with E-state index in [0.717, 1.165) is 18.4 Å². The summed E-state index contributed by atoms with van der Waals surface area (Å²) in [4.78, 5) is 37.0. The van der Waals surface area contributed by atoms with E-state index in [1.807, 2.05) is 36.1 Å². The third-order valence-corrected chi connectivity index (χ3v) is 5.22. The molecule has 1 spiro atoms. The highest BCUT2D eigenvalue weighted by molar-refractivity contribution is 6.43. The normalized spacial score (nSPS) is 21.2. The topological polar surface area (TPSA) is 83.9 Å². The van der Waals surface area contributed by atoms with Gasteiger partial charge in [0.25, 0.3) is 11.8 Å². The summed E-state index contributed by atoms with van der Waals surface area (Å²) >= 11 is 0. The van der Waals surface area contributed by atoms with Crippen molar-refractivity contribution < 1.29 is 14.4 Å². The van der Waals surface area contributed by atoms with Gasteiger partial charge < -0.3 is 15.1 Å². The first kappa shape index (κ1) is 18.2. The molecule has 4 rings (SSSR count). The van der Waals surface area contributed by atoms with Crippen molar-refractivity contribution in [1.29, 1.82) is 0 Å². The number of pyridine rings is 1. The van der Waals surface area contributed by atoms with Crippen LogP contribution in [0.25, 0.3) is 0 Å².